The van der Waals surface area contributed by atoms with Crippen molar-refractivity contribution in [2.24, 2.45) is 0 Å². The first-order valence-electron chi connectivity index (χ1n) is 12.5. The first-order valence-corrected chi connectivity index (χ1v) is 14.2. The zero-order valence-corrected chi connectivity index (χ0v) is 22.6. The van der Waals surface area contributed by atoms with Gasteiger partial charge in [-0.15, -0.1) is 13.2 Å². The van der Waals surface area contributed by atoms with E-state index in [2.05, 4.69) is 15.0 Å². The molecule has 0 aliphatic rings. The number of carbonyl (C=O) groups excluding carboxylic acids is 1. The molecule has 0 bridgehead atoms. The van der Waals surface area contributed by atoms with Crippen LogP contribution in [0.15, 0.2) is 71.8 Å². The van der Waals surface area contributed by atoms with E-state index in [1.807, 2.05) is 6.92 Å². The molecule has 0 saturated heterocycles. The van der Waals surface area contributed by atoms with Gasteiger partial charge in [-0.3, -0.25) is 4.79 Å². The van der Waals surface area contributed by atoms with Gasteiger partial charge in [0.15, 0.2) is 9.84 Å². The van der Waals surface area contributed by atoms with E-state index >= 15 is 0 Å². The zero-order valence-electron chi connectivity index (χ0n) is 21.8. The highest BCUT2D eigenvalue weighted by atomic mass is 32.2. The van der Waals surface area contributed by atoms with Crippen molar-refractivity contribution in [1.29, 1.82) is 0 Å². The van der Waals surface area contributed by atoms with Crippen LogP contribution in [0, 0.1) is 0 Å². The molecule has 212 valence electrons. The minimum Gasteiger partial charge on any atom is -0.405 e. The molecule has 2 aromatic carbocycles. The second-order valence-corrected chi connectivity index (χ2v) is 11.3. The van der Waals surface area contributed by atoms with Gasteiger partial charge >= 0.3 is 6.36 Å². The molecule has 0 radical (unpaired) electrons. The number of imidazole rings is 1. The van der Waals surface area contributed by atoms with Gasteiger partial charge in [0.05, 0.1) is 29.0 Å². The van der Waals surface area contributed by atoms with Crippen molar-refractivity contribution >= 4 is 21.4 Å². The second kappa shape index (κ2) is 11.7. The van der Waals surface area contributed by atoms with Crippen molar-refractivity contribution in [3.63, 3.8) is 0 Å². The Morgan fingerprint density at radius 2 is 1.80 bits per heavy atom. The number of amides is 1. The second-order valence-electron chi connectivity index (χ2n) is 9.02. The number of benzene rings is 2. The molecule has 0 saturated carbocycles. The number of hydrogen-bond donors (Lipinski definition) is 2. The normalized spacial score (nSPS) is 12.8. The number of aromatic nitrogens is 2. The van der Waals surface area contributed by atoms with E-state index in [-0.39, 0.29) is 28.4 Å². The lowest BCUT2D eigenvalue weighted by Gasteiger charge is -2.17. The molecule has 0 spiro atoms. The molecule has 8 nitrogen and oxygen atoms in total. The third-order valence-corrected chi connectivity index (χ3v) is 8.22. The summed E-state index contributed by atoms with van der Waals surface area (Å²) < 4.78 is 68.7. The molecular formula is C28H28F3N3O5S. The summed E-state index contributed by atoms with van der Waals surface area (Å²) >= 11 is 0. The van der Waals surface area contributed by atoms with Crippen LogP contribution in [0.3, 0.4) is 0 Å². The molecule has 2 aromatic heterocycles. The van der Waals surface area contributed by atoms with Crippen LogP contribution in [0.4, 0.5) is 13.2 Å². The number of aryl methyl sites for hydroxylation is 1. The predicted molar refractivity (Wildman–Crippen MR) is 142 cm³/mol. The number of sulfone groups is 1. The number of rotatable bonds is 10. The Hall–Kier alpha value is -3.90. The Balaban J connectivity index is 1.58. The molecule has 0 fully saturated rings. The summed E-state index contributed by atoms with van der Waals surface area (Å²) in [4.78, 5) is 17.8. The average molecular weight is 576 g/mol. The van der Waals surface area contributed by atoms with E-state index in [1.54, 1.807) is 53.9 Å². The van der Waals surface area contributed by atoms with E-state index in [4.69, 9.17) is 0 Å². The summed E-state index contributed by atoms with van der Waals surface area (Å²) in [5.41, 5.74) is 2.87. The number of halogens is 3. The maximum absolute atomic E-state index is 13.1. The molecule has 1 amide bonds. The number of fused-ring (bicyclic) bond motifs is 1. The van der Waals surface area contributed by atoms with Crippen molar-refractivity contribution in [1.82, 2.24) is 14.7 Å². The fourth-order valence-corrected chi connectivity index (χ4v) is 5.29. The number of nitrogens with zero attached hydrogens (tertiary/aromatic N) is 2. The van der Waals surface area contributed by atoms with Gasteiger partial charge in [0.25, 0.3) is 5.91 Å². The van der Waals surface area contributed by atoms with Crippen molar-refractivity contribution in [3.8, 4) is 5.75 Å². The number of aliphatic hydroxyl groups excluding tert-OH is 1. The van der Waals surface area contributed by atoms with Crippen LogP contribution < -0.4 is 10.1 Å². The summed E-state index contributed by atoms with van der Waals surface area (Å²) in [5.74, 6) is -0.833. The molecule has 1 atom stereocenters. The minimum atomic E-state index is -4.83. The molecule has 4 aromatic rings. The summed E-state index contributed by atoms with van der Waals surface area (Å²) in [7, 11) is -3.38. The van der Waals surface area contributed by atoms with E-state index in [1.165, 1.54) is 24.3 Å². The van der Waals surface area contributed by atoms with Crippen LogP contribution in [0.1, 0.15) is 52.8 Å². The average Bonchev–Trinajstić information content (AvgIpc) is 3.28. The van der Waals surface area contributed by atoms with Crippen molar-refractivity contribution in [3.05, 3.63) is 94.9 Å². The SMILES string of the molecule is CCc1c(Cc2ccccc2OC(F)(F)F)nc2cc(C(=O)N[C@@H](CO)c3ccc(S(=O)(=O)CC)cc3)ccn12. The highest BCUT2D eigenvalue weighted by Gasteiger charge is 2.32. The highest BCUT2D eigenvalue weighted by Crippen LogP contribution is 2.29. The summed E-state index contributed by atoms with van der Waals surface area (Å²) in [6.07, 6.45) is -2.53. The third-order valence-electron chi connectivity index (χ3n) is 6.47. The number of pyridine rings is 1. The maximum atomic E-state index is 13.1. The molecular weight excluding hydrogens is 547 g/mol. The van der Waals surface area contributed by atoms with E-state index in [0.29, 0.717) is 28.9 Å². The molecule has 0 aliphatic heterocycles. The van der Waals surface area contributed by atoms with Gasteiger partial charge in [-0.25, -0.2) is 13.4 Å². The number of carbonyl (C=O) groups is 1. The number of para-hydroxylation sites is 1. The lowest BCUT2D eigenvalue weighted by atomic mass is 10.1. The highest BCUT2D eigenvalue weighted by molar-refractivity contribution is 7.91. The fourth-order valence-electron chi connectivity index (χ4n) is 4.41. The first kappa shape index (κ1) is 29.1. The van der Waals surface area contributed by atoms with Crippen LogP contribution >= 0.6 is 0 Å². The number of ether oxygens (including phenoxy) is 1. The van der Waals surface area contributed by atoms with Crippen LogP contribution in [0.2, 0.25) is 0 Å². The van der Waals surface area contributed by atoms with Crippen LogP contribution in [-0.4, -0.2) is 47.5 Å². The minimum absolute atomic E-state index is 0.0436. The topological polar surface area (TPSA) is 110 Å². The van der Waals surface area contributed by atoms with Crippen molar-refractivity contribution in [2.45, 2.75) is 44.0 Å². The van der Waals surface area contributed by atoms with Gasteiger partial charge < -0.3 is 19.6 Å². The number of nitrogens with one attached hydrogen (secondary N) is 1. The molecule has 0 aliphatic carbocycles. The van der Waals surface area contributed by atoms with Crippen molar-refractivity contribution in [2.75, 3.05) is 12.4 Å². The number of aliphatic hydroxyl groups is 1. The Kier molecular flexibility index (Phi) is 8.50. The Bertz CT molecular complexity index is 1620. The molecule has 2 N–H and O–H groups in total. The smallest absolute Gasteiger partial charge is 0.405 e. The van der Waals surface area contributed by atoms with Crippen LogP contribution in [0.25, 0.3) is 5.65 Å². The third kappa shape index (κ3) is 6.45. The quantitative estimate of drug-likeness (QED) is 0.285. The van der Waals surface area contributed by atoms with Crippen LogP contribution in [0.5, 0.6) is 5.75 Å². The largest absolute Gasteiger partial charge is 0.573 e. The summed E-state index contributed by atoms with van der Waals surface area (Å²) in [5, 5.41) is 12.6. The fraction of sp³-hybridized carbons (Fsp3) is 0.286. The molecule has 4 rings (SSSR count). The molecule has 12 heteroatoms. The van der Waals surface area contributed by atoms with Crippen molar-refractivity contribution < 1.29 is 36.2 Å². The predicted octanol–water partition coefficient (Wildman–Crippen LogP) is 4.64. The van der Waals surface area contributed by atoms with E-state index in [9.17, 15) is 31.5 Å². The zero-order chi connectivity index (χ0) is 29.1. The molecule has 0 unspecified atom stereocenters. The number of alkyl halides is 3. The number of hydrogen-bond acceptors (Lipinski definition) is 6. The van der Waals surface area contributed by atoms with E-state index in [0.717, 1.165) is 5.69 Å². The van der Waals surface area contributed by atoms with Gasteiger partial charge in [-0.1, -0.05) is 44.2 Å². The van der Waals surface area contributed by atoms with Gasteiger partial charge in [-0.2, -0.15) is 0 Å². The monoisotopic (exact) mass is 575 g/mol. The molecule has 2 heterocycles. The summed E-state index contributed by atoms with van der Waals surface area (Å²) in [6.45, 7) is 3.03. The molecule has 40 heavy (non-hydrogen) atoms. The standard InChI is InChI=1S/C28H28F3N3O5S/c1-3-24-22(15-19-7-5-6-8-25(19)39-28(29,30)31)32-26-16-20(13-14-34(24)26)27(36)33-23(17-35)18-9-11-21(12-10-18)40(37,38)4-2/h5-14,16,23,35H,3-4,15,17H2,1-2H3,(H,33,36)/t23-/m0/s1. The van der Waals surface area contributed by atoms with Gasteiger partial charge in [0.2, 0.25) is 0 Å². The van der Waals surface area contributed by atoms with Crippen LogP contribution in [-0.2, 0) is 22.7 Å². The van der Waals surface area contributed by atoms with Gasteiger partial charge in [0.1, 0.15) is 11.4 Å². The van der Waals surface area contributed by atoms with E-state index < -0.39 is 34.8 Å². The lowest BCUT2D eigenvalue weighted by molar-refractivity contribution is -0.274. The van der Waals surface area contributed by atoms with Gasteiger partial charge in [0, 0.05) is 29.4 Å². The Morgan fingerprint density at radius 3 is 2.42 bits per heavy atom. The Labute approximate surface area is 229 Å². The summed E-state index contributed by atoms with van der Waals surface area (Å²) in [6, 6.07) is 14.2. The Morgan fingerprint density at radius 1 is 1.10 bits per heavy atom. The van der Waals surface area contributed by atoms with Gasteiger partial charge in [-0.05, 0) is 42.3 Å². The maximum Gasteiger partial charge on any atom is 0.573 e. The first-order chi connectivity index (χ1) is 19.0. The lowest BCUT2D eigenvalue weighted by Crippen LogP contribution is -2.30.